The number of thiophene rings is 1. The van der Waals surface area contributed by atoms with Gasteiger partial charge in [-0.1, -0.05) is 30.0 Å². The summed E-state index contributed by atoms with van der Waals surface area (Å²) in [6.45, 7) is 0. The number of para-hydroxylation sites is 1. The molecule has 0 saturated carbocycles. The Kier molecular flexibility index (Phi) is 7.03. The zero-order valence-electron chi connectivity index (χ0n) is 17.3. The lowest BCUT2D eigenvalue weighted by Crippen LogP contribution is -2.31. The standard InChI is InChI=1S/C23H16F3N3O3S2/c24-23(25,26)32-18-8-6-16(7-9-18)27-20(30)14-34-22-28-19(12-15-10-11-33-13-15)21(31)29(22)17-4-2-1-3-5-17/h1-13H,14H2,(H,27,30). The maximum atomic E-state index is 13.0. The molecule has 4 rings (SSSR count). The molecule has 1 aromatic heterocycles. The van der Waals surface area contributed by atoms with E-state index in [4.69, 9.17) is 0 Å². The first-order valence-electron chi connectivity index (χ1n) is 9.79. The van der Waals surface area contributed by atoms with Gasteiger partial charge in [-0.05, 0) is 64.9 Å². The highest BCUT2D eigenvalue weighted by molar-refractivity contribution is 8.14. The summed E-state index contributed by atoms with van der Waals surface area (Å²) >= 11 is 2.58. The molecule has 0 saturated heterocycles. The van der Waals surface area contributed by atoms with Crippen LogP contribution in [0.25, 0.3) is 6.08 Å². The van der Waals surface area contributed by atoms with Gasteiger partial charge in [0.1, 0.15) is 11.4 Å². The van der Waals surface area contributed by atoms with Crippen molar-refractivity contribution in [3.63, 3.8) is 0 Å². The molecule has 3 aromatic rings. The fourth-order valence-corrected chi connectivity index (χ4v) is 4.41. The number of aliphatic imine (C=N–C) groups is 1. The molecule has 174 valence electrons. The second-order valence-corrected chi connectivity index (χ2v) is 8.59. The Morgan fingerprint density at radius 3 is 2.50 bits per heavy atom. The molecule has 0 bridgehead atoms. The Morgan fingerprint density at radius 1 is 1.12 bits per heavy atom. The van der Waals surface area contributed by atoms with E-state index in [2.05, 4.69) is 15.0 Å². The van der Waals surface area contributed by atoms with Crippen molar-refractivity contribution in [2.24, 2.45) is 4.99 Å². The molecular weight excluding hydrogens is 487 g/mol. The van der Waals surface area contributed by atoms with Gasteiger partial charge in [-0.2, -0.15) is 11.3 Å². The van der Waals surface area contributed by atoms with Crippen LogP contribution in [-0.2, 0) is 9.59 Å². The van der Waals surface area contributed by atoms with E-state index < -0.39 is 12.3 Å². The molecule has 0 radical (unpaired) electrons. The van der Waals surface area contributed by atoms with Gasteiger partial charge in [0.2, 0.25) is 5.91 Å². The summed E-state index contributed by atoms with van der Waals surface area (Å²) in [7, 11) is 0. The summed E-state index contributed by atoms with van der Waals surface area (Å²) in [5, 5.41) is 6.74. The van der Waals surface area contributed by atoms with Gasteiger partial charge in [-0.25, -0.2) is 4.99 Å². The third-order valence-corrected chi connectivity index (χ3v) is 6.03. The first-order valence-corrected chi connectivity index (χ1v) is 11.7. The second kappa shape index (κ2) is 10.1. The average molecular weight is 504 g/mol. The van der Waals surface area contributed by atoms with Gasteiger partial charge in [0.05, 0.1) is 11.4 Å². The lowest BCUT2D eigenvalue weighted by molar-refractivity contribution is -0.274. The van der Waals surface area contributed by atoms with Crippen LogP contribution in [0.1, 0.15) is 5.56 Å². The minimum Gasteiger partial charge on any atom is -0.406 e. The van der Waals surface area contributed by atoms with E-state index in [1.807, 2.05) is 22.9 Å². The molecule has 11 heteroatoms. The second-order valence-electron chi connectivity index (χ2n) is 6.87. The first-order chi connectivity index (χ1) is 16.3. The number of thioether (sulfide) groups is 1. The number of carbonyl (C=O) groups excluding carboxylic acids is 2. The molecular formula is C23H16F3N3O3S2. The Hall–Kier alpha value is -3.57. The molecule has 2 amide bonds. The Labute approximate surface area is 200 Å². The fourth-order valence-electron chi connectivity index (χ4n) is 2.98. The number of alkyl halides is 3. The van der Waals surface area contributed by atoms with Gasteiger partial charge in [0.25, 0.3) is 5.91 Å². The fraction of sp³-hybridized carbons (Fsp3) is 0.0870. The van der Waals surface area contributed by atoms with Crippen molar-refractivity contribution < 1.29 is 27.5 Å². The van der Waals surface area contributed by atoms with Gasteiger partial charge >= 0.3 is 6.36 Å². The van der Waals surface area contributed by atoms with Crippen LogP contribution in [0.3, 0.4) is 0 Å². The van der Waals surface area contributed by atoms with Crippen LogP contribution in [0, 0.1) is 0 Å². The summed E-state index contributed by atoms with van der Waals surface area (Å²) in [6.07, 6.45) is -3.10. The zero-order chi connectivity index (χ0) is 24.1. The SMILES string of the molecule is O=C(CSC1=NC(=Cc2ccsc2)C(=O)N1c1ccccc1)Nc1ccc(OC(F)(F)F)cc1. The van der Waals surface area contributed by atoms with Crippen LogP contribution in [0.15, 0.2) is 82.1 Å². The number of ether oxygens (including phenoxy) is 1. The number of carbonyl (C=O) groups is 2. The van der Waals surface area contributed by atoms with Gasteiger partial charge in [0.15, 0.2) is 5.17 Å². The first kappa shape index (κ1) is 23.6. The van der Waals surface area contributed by atoms with Crippen molar-refractivity contribution in [3.05, 3.63) is 82.7 Å². The Bertz CT molecular complexity index is 1230. The zero-order valence-corrected chi connectivity index (χ0v) is 18.9. The highest BCUT2D eigenvalue weighted by Gasteiger charge is 2.32. The maximum absolute atomic E-state index is 13.0. The summed E-state index contributed by atoms with van der Waals surface area (Å²) in [6, 6.07) is 15.7. The van der Waals surface area contributed by atoms with Gasteiger partial charge < -0.3 is 10.1 Å². The quantitative estimate of drug-likeness (QED) is 0.434. The number of nitrogens with zero attached hydrogens (tertiary/aromatic N) is 2. The molecule has 34 heavy (non-hydrogen) atoms. The highest BCUT2D eigenvalue weighted by atomic mass is 32.2. The van der Waals surface area contributed by atoms with Gasteiger partial charge in [-0.15, -0.1) is 13.2 Å². The third kappa shape index (κ3) is 6.06. The van der Waals surface area contributed by atoms with Crippen molar-refractivity contribution in [2.75, 3.05) is 16.0 Å². The molecule has 2 aromatic carbocycles. The van der Waals surface area contributed by atoms with Crippen LogP contribution in [0.4, 0.5) is 24.5 Å². The van der Waals surface area contributed by atoms with E-state index in [0.717, 1.165) is 29.5 Å². The predicted molar refractivity (Wildman–Crippen MR) is 128 cm³/mol. The number of rotatable bonds is 6. The minimum absolute atomic E-state index is 0.0675. The molecule has 0 aliphatic carbocycles. The van der Waals surface area contributed by atoms with Gasteiger partial charge in [-0.3, -0.25) is 14.5 Å². The van der Waals surface area contributed by atoms with E-state index in [-0.39, 0.29) is 23.1 Å². The van der Waals surface area contributed by atoms with E-state index in [1.54, 1.807) is 30.3 Å². The maximum Gasteiger partial charge on any atom is 0.573 e. The highest BCUT2D eigenvalue weighted by Crippen LogP contribution is 2.30. The number of hydrogen-bond donors (Lipinski definition) is 1. The van der Waals surface area contributed by atoms with Crippen molar-refractivity contribution in [1.29, 1.82) is 0 Å². The summed E-state index contributed by atoms with van der Waals surface area (Å²) in [5.74, 6) is -1.17. The van der Waals surface area contributed by atoms with Crippen molar-refractivity contribution in [3.8, 4) is 5.75 Å². The van der Waals surface area contributed by atoms with Crippen LogP contribution in [0.5, 0.6) is 5.75 Å². The van der Waals surface area contributed by atoms with Crippen molar-refractivity contribution in [1.82, 2.24) is 0 Å². The summed E-state index contributed by atoms with van der Waals surface area (Å²) in [5.41, 5.74) is 2.04. The minimum atomic E-state index is -4.79. The number of benzene rings is 2. The Balaban J connectivity index is 1.45. The molecule has 0 spiro atoms. The topological polar surface area (TPSA) is 71.0 Å². The lowest BCUT2D eigenvalue weighted by atomic mass is 10.2. The third-order valence-electron chi connectivity index (χ3n) is 4.39. The number of anilines is 2. The number of hydrogen-bond acceptors (Lipinski definition) is 6. The van der Waals surface area contributed by atoms with E-state index in [1.165, 1.54) is 28.4 Å². The molecule has 0 unspecified atom stereocenters. The lowest BCUT2D eigenvalue weighted by Gasteiger charge is -2.17. The van der Waals surface area contributed by atoms with Crippen molar-refractivity contribution in [2.45, 2.75) is 6.36 Å². The van der Waals surface area contributed by atoms with E-state index >= 15 is 0 Å². The van der Waals surface area contributed by atoms with Crippen molar-refractivity contribution >= 4 is 57.5 Å². The summed E-state index contributed by atoms with van der Waals surface area (Å²) < 4.78 is 40.6. The predicted octanol–water partition coefficient (Wildman–Crippen LogP) is 5.76. The molecule has 1 aliphatic heterocycles. The largest absolute Gasteiger partial charge is 0.573 e. The smallest absolute Gasteiger partial charge is 0.406 e. The summed E-state index contributed by atoms with van der Waals surface area (Å²) in [4.78, 5) is 31.4. The molecule has 0 fully saturated rings. The normalized spacial score (nSPS) is 14.9. The molecule has 1 N–H and O–H groups in total. The number of halogens is 3. The van der Waals surface area contributed by atoms with Crippen LogP contribution in [-0.4, -0.2) is 29.1 Å². The van der Waals surface area contributed by atoms with Crippen LogP contribution >= 0.6 is 23.1 Å². The van der Waals surface area contributed by atoms with Crippen LogP contribution in [0.2, 0.25) is 0 Å². The number of amidine groups is 1. The molecule has 2 heterocycles. The average Bonchev–Trinajstić information content (AvgIpc) is 3.41. The molecule has 6 nitrogen and oxygen atoms in total. The number of amides is 2. The molecule has 0 atom stereocenters. The number of nitrogens with one attached hydrogen (secondary N) is 1. The van der Waals surface area contributed by atoms with E-state index in [0.29, 0.717) is 16.5 Å². The van der Waals surface area contributed by atoms with E-state index in [9.17, 15) is 22.8 Å². The van der Waals surface area contributed by atoms with Crippen LogP contribution < -0.4 is 15.0 Å². The molecule has 1 aliphatic rings. The Morgan fingerprint density at radius 2 is 1.85 bits per heavy atom. The van der Waals surface area contributed by atoms with Gasteiger partial charge in [0, 0.05) is 5.69 Å². The monoisotopic (exact) mass is 503 g/mol.